The van der Waals surface area contributed by atoms with Crippen molar-refractivity contribution in [3.05, 3.63) is 19.2 Å². The van der Waals surface area contributed by atoms with E-state index in [1.165, 1.54) is 18.4 Å². The van der Waals surface area contributed by atoms with Crippen molar-refractivity contribution < 1.29 is 14.3 Å². The smallest absolute Gasteiger partial charge is 0.325 e. The highest BCUT2D eigenvalue weighted by molar-refractivity contribution is 9.13. The zero-order valence-corrected chi connectivity index (χ0v) is 11.7. The van der Waals surface area contributed by atoms with Gasteiger partial charge in [-0.2, -0.15) is 0 Å². The van der Waals surface area contributed by atoms with Gasteiger partial charge in [0.25, 0.3) is 5.91 Å². The Morgan fingerprint density at radius 1 is 1.53 bits per heavy atom. The Morgan fingerprint density at radius 2 is 2.20 bits per heavy atom. The third kappa shape index (κ3) is 3.58. The highest BCUT2D eigenvalue weighted by Crippen LogP contribution is 2.32. The summed E-state index contributed by atoms with van der Waals surface area (Å²) in [6.07, 6.45) is 0. The van der Waals surface area contributed by atoms with E-state index in [1.54, 1.807) is 6.07 Å². The lowest BCUT2D eigenvalue weighted by Crippen LogP contribution is -2.29. The number of esters is 1. The summed E-state index contributed by atoms with van der Waals surface area (Å²) in [5.41, 5.74) is 0. The first-order chi connectivity index (χ1) is 7.04. The Labute approximate surface area is 107 Å². The maximum atomic E-state index is 11.5. The van der Waals surface area contributed by atoms with Gasteiger partial charge in [0, 0.05) is 4.47 Å². The summed E-state index contributed by atoms with van der Waals surface area (Å²) in [6, 6.07) is 1.68. The van der Waals surface area contributed by atoms with Crippen LogP contribution in [-0.4, -0.2) is 25.5 Å². The number of carbonyl (C=O) groups excluding carboxylic acids is 2. The molecule has 0 bridgehead atoms. The number of amides is 1. The maximum Gasteiger partial charge on any atom is 0.325 e. The molecule has 1 aromatic heterocycles. The van der Waals surface area contributed by atoms with E-state index in [2.05, 4.69) is 41.9 Å². The van der Waals surface area contributed by atoms with Crippen LogP contribution < -0.4 is 5.32 Å². The lowest BCUT2D eigenvalue weighted by molar-refractivity contribution is -0.139. The van der Waals surface area contributed by atoms with Crippen LogP contribution in [0.25, 0.3) is 0 Å². The molecule has 0 spiro atoms. The summed E-state index contributed by atoms with van der Waals surface area (Å²) in [4.78, 5) is 22.8. The summed E-state index contributed by atoms with van der Waals surface area (Å²) in [5.74, 6) is -0.769. The van der Waals surface area contributed by atoms with Crippen molar-refractivity contribution in [3.63, 3.8) is 0 Å². The normalized spacial score (nSPS) is 9.80. The molecule has 0 radical (unpaired) electrons. The van der Waals surface area contributed by atoms with Crippen LogP contribution in [0.4, 0.5) is 0 Å². The van der Waals surface area contributed by atoms with E-state index in [9.17, 15) is 9.59 Å². The fraction of sp³-hybridized carbons (Fsp3) is 0.250. The largest absolute Gasteiger partial charge is 0.468 e. The Morgan fingerprint density at radius 3 is 2.67 bits per heavy atom. The summed E-state index contributed by atoms with van der Waals surface area (Å²) in [7, 11) is 1.27. The van der Waals surface area contributed by atoms with Gasteiger partial charge in [-0.05, 0) is 37.9 Å². The van der Waals surface area contributed by atoms with Crippen LogP contribution in [0.15, 0.2) is 14.3 Å². The molecule has 0 aliphatic carbocycles. The maximum absolute atomic E-state index is 11.5. The number of hydrogen-bond acceptors (Lipinski definition) is 4. The van der Waals surface area contributed by atoms with Gasteiger partial charge < -0.3 is 10.1 Å². The van der Waals surface area contributed by atoms with Gasteiger partial charge in [0.15, 0.2) is 0 Å². The van der Waals surface area contributed by atoms with Crippen molar-refractivity contribution in [2.45, 2.75) is 0 Å². The average molecular weight is 357 g/mol. The zero-order chi connectivity index (χ0) is 11.4. The van der Waals surface area contributed by atoms with Gasteiger partial charge in [0.1, 0.15) is 6.54 Å². The quantitative estimate of drug-likeness (QED) is 0.844. The minimum absolute atomic E-state index is 0.123. The highest BCUT2D eigenvalue weighted by atomic mass is 79.9. The van der Waals surface area contributed by atoms with E-state index in [0.717, 1.165) is 8.26 Å². The Balaban J connectivity index is 2.58. The molecule has 1 amide bonds. The number of halogens is 2. The minimum Gasteiger partial charge on any atom is -0.468 e. The molecule has 1 N–H and O–H groups in total. The molecule has 1 heterocycles. The molecule has 0 atom stereocenters. The van der Waals surface area contributed by atoms with E-state index >= 15 is 0 Å². The van der Waals surface area contributed by atoms with Crippen molar-refractivity contribution >= 4 is 55.1 Å². The van der Waals surface area contributed by atoms with E-state index in [1.807, 2.05) is 0 Å². The monoisotopic (exact) mass is 355 g/mol. The van der Waals surface area contributed by atoms with Gasteiger partial charge >= 0.3 is 5.97 Å². The Kier molecular flexibility index (Phi) is 4.75. The molecule has 0 unspecified atom stereocenters. The summed E-state index contributed by atoms with van der Waals surface area (Å²) in [5, 5.41) is 2.45. The van der Waals surface area contributed by atoms with Gasteiger partial charge in [0.05, 0.1) is 15.8 Å². The van der Waals surface area contributed by atoms with Crippen molar-refractivity contribution in [2.24, 2.45) is 0 Å². The molecule has 15 heavy (non-hydrogen) atoms. The molecule has 0 saturated carbocycles. The number of carbonyl (C=O) groups is 2. The van der Waals surface area contributed by atoms with Crippen molar-refractivity contribution in [1.82, 2.24) is 5.32 Å². The van der Waals surface area contributed by atoms with Gasteiger partial charge in [-0.15, -0.1) is 11.3 Å². The SMILES string of the molecule is COC(=O)CNC(=O)c1cc(Br)c(Br)s1. The van der Waals surface area contributed by atoms with Crippen LogP contribution in [0.2, 0.25) is 0 Å². The first-order valence-corrected chi connectivity index (χ1v) is 6.24. The molecule has 1 rings (SSSR count). The first kappa shape index (κ1) is 12.7. The molecular formula is C8H7Br2NO3S. The van der Waals surface area contributed by atoms with Crippen molar-refractivity contribution in [2.75, 3.05) is 13.7 Å². The number of thiophene rings is 1. The second-order valence-corrected chi connectivity index (χ2v) is 5.72. The zero-order valence-electron chi connectivity index (χ0n) is 7.67. The van der Waals surface area contributed by atoms with E-state index in [4.69, 9.17) is 0 Å². The molecule has 0 aromatic carbocycles. The molecule has 7 heteroatoms. The van der Waals surface area contributed by atoms with Crippen LogP contribution in [-0.2, 0) is 9.53 Å². The average Bonchev–Trinajstić information content (AvgIpc) is 2.55. The predicted octanol–water partition coefficient (Wildman–Crippen LogP) is 2.18. The number of nitrogens with one attached hydrogen (secondary N) is 1. The van der Waals surface area contributed by atoms with E-state index in [-0.39, 0.29) is 12.5 Å². The molecule has 0 aliphatic rings. The topological polar surface area (TPSA) is 55.4 Å². The molecule has 1 aromatic rings. The number of hydrogen-bond donors (Lipinski definition) is 1. The van der Waals surface area contributed by atoms with Crippen LogP contribution in [0.5, 0.6) is 0 Å². The van der Waals surface area contributed by atoms with Gasteiger partial charge in [0.2, 0.25) is 0 Å². The summed E-state index contributed by atoms with van der Waals surface area (Å²) < 4.78 is 6.05. The second-order valence-electron chi connectivity index (χ2n) is 2.49. The minimum atomic E-state index is -0.474. The van der Waals surface area contributed by atoms with E-state index < -0.39 is 5.97 Å². The fourth-order valence-corrected chi connectivity index (χ4v) is 2.72. The number of ether oxygens (including phenoxy) is 1. The second kappa shape index (κ2) is 5.62. The van der Waals surface area contributed by atoms with Crippen LogP contribution >= 0.6 is 43.2 Å². The molecular weight excluding hydrogens is 350 g/mol. The standard InChI is InChI=1S/C8H7Br2NO3S/c1-14-6(12)3-11-8(13)5-2-4(9)7(10)15-5/h2H,3H2,1H3,(H,11,13). The molecule has 0 saturated heterocycles. The molecule has 82 valence electrons. The molecule has 4 nitrogen and oxygen atoms in total. The first-order valence-electron chi connectivity index (χ1n) is 3.84. The van der Waals surface area contributed by atoms with Crippen molar-refractivity contribution in [3.8, 4) is 0 Å². The molecule has 0 fully saturated rings. The van der Waals surface area contributed by atoms with Gasteiger partial charge in [-0.1, -0.05) is 0 Å². The van der Waals surface area contributed by atoms with Gasteiger partial charge in [-0.25, -0.2) is 0 Å². The third-order valence-corrected chi connectivity index (χ3v) is 4.74. The highest BCUT2D eigenvalue weighted by Gasteiger charge is 2.12. The number of rotatable bonds is 3. The fourth-order valence-electron chi connectivity index (χ4n) is 0.770. The van der Waals surface area contributed by atoms with Gasteiger partial charge in [-0.3, -0.25) is 9.59 Å². The summed E-state index contributed by atoms with van der Waals surface area (Å²) >= 11 is 7.84. The van der Waals surface area contributed by atoms with Crippen molar-refractivity contribution in [1.29, 1.82) is 0 Å². The number of methoxy groups -OCH3 is 1. The van der Waals surface area contributed by atoms with Crippen LogP contribution in [0.1, 0.15) is 9.67 Å². The van der Waals surface area contributed by atoms with Crippen LogP contribution in [0, 0.1) is 0 Å². The third-order valence-electron chi connectivity index (χ3n) is 1.49. The summed E-state index contributed by atoms with van der Waals surface area (Å²) in [6.45, 7) is -0.123. The Hall–Kier alpha value is -0.400. The molecule has 0 aliphatic heterocycles. The predicted molar refractivity (Wildman–Crippen MR) is 64.1 cm³/mol. The van der Waals surface area contributed by atoms with Crippen LogP contribution in [0.3, 0.4) is 0 Å². The Bertz CT molecular complexity index is 372. The van der Waals surface area contributed by atoms with E-state index in [0.29, 0.717) is 4.88 Å². The lowest BCUT2D eigenvalue weighted by atomic mass is 10.4. The lowest BCUT2D eigenvalue weighted by Gasteiger charge is -2.00.